The molecule has 19 heavy (non-hydrogen) atoms. The van der Waals surface area contributed by atoms with Crippen LogP contribution in [0.1, 0.15) is 30.0 Å². The highest BCUT2D eigenvalue weighted by Gasteiger charge is 2.18. The van der Waals surface area contributed by atoms with Gasteiger partial charge in [-0.05, 0) is 63.7 Å². The zero-order valence-electron chi connectivity index (χ0n) is 12.7. The van der Waals surface area contributed by atoms with Gasteiger partial charge in [0.15, 0.2) is 11.5 Å². The Kier molecular flexibility index (Phi) is 6.12. The minimum Gasteiger partial charge on any atom is -0.493 e. The highest BCUT2D eigenvalue weighted by Crippen LogP contribution is 2.35. The van der Waals surface area contributed by atoms with Crippen molar-refractivity contribution in [2.45, 2.75) is 25.8 Å². The fraction of sp³-hybridized carbons (Fsp3) is 0.600. The molecule has 0 fully saturated rings. The molecular weight excluding hydrogens is 240 g/mol. The number of benzene rings is 1. The first-order chi connectivity index (χ1) is 9.04. The van der Waals surface area contributed by atoms with E-state index in [9.17, 15) is 0 Å². The molecule has 4 heteroatoms. The van der Waals surface area contributed by atoms with E-state index in [4.69, 9.17) is 15.2 Å². The minimum atomic E-state index is 0.350. The summed E-state index contributed by atoms with van der Waals surface area (Å²) in [6.45, 7) is 2.83. The van der Waals surface area contributed by atoms with Gasteiger partial charge >= 0.3 is 0 Å². The van der Waals surface area contributed by atoms with Gasteiger partial charge in [0.05, 0.1) is 14.2 Å². The molecule has 0 spiro atoms. The van der Waals surface area contributed by atoms with E-state index in [0.717, 1.165) is 30.9 Å². The van der Waals surface area contributed by atoms with Crippen LogP contribution in [0.25, 0.3) is 0 Å². The van der Waals surface area contributed by atoms with E-state index in [0.29, 0.717) is 6.04 Å². The van der Waals surface area contributed by atoms with Gasteiger partial charge in [0.2, 0.25) is 0 Å². The van der Waals surface area contributed by atoms with Crippen molar-refractivity contribution in [3.63, 3.8) is 0 Å². The van der Waals surface area contributed by atoms with E-state index in [1.54, 1.807) is 14.2 Å². The number of aryl methyl sites for hydroxylation is 1. The Morgan fingerprint density at radius 1 is 1.16 bits per heavy atom. The Bertz CT molecular complexity index is 405. The van der Waals surface area contributed by atoms with Gasteiger partial charge in [-0.2, -0.15) is 0 Å². The van der Waals surface area contributed by atoms with Crippen LogP contribution in [0.15, 0.2) is 12.1 Å². The molecule has 0 aliphatic carbocycles. The van der Waals surface area contributed by atoms with Crippen LogP contribution in [0.3, 0.4) is 0 Å². The molecule has 1 aromatic carbocycles. The van der Waals surface area contributed by atoms with Gasteiger partial charge in [-0.15, -0.1) is 0 Å². The van der Waals surface area contributed by atoms with Crippen molar-refractivity contribution in [1.29, 1.82) is 0 Å². The molecule has 4 nitrogen and oxygen atoms in total. The third kappa shape index (κ3) is 3.85. The largest absolute Gasteiger partial charge is 0.493 e. The maximum absolute atomic E-state index is 5.63. The lowest BCUT2D eigenvalue weighted by atomic mass is 9.96. The molecule has 0 aromatic heterocycles. The first-order valence-electron chi connectivity index (χ1n) is 6.64. The normalized spacial score (nSPS) is 12.6. The Morgan fingerprint density at radius 2 is 1.74 bits per heavy atom. The summed E-state index contributed by atoms with van der Waals surface area (Å²) in [7, 11) is 7.52. The van der Waals surface area contributed by atoms with Crippen LogP contribution in [0.4, 0.5) is 0 Å². The van der Waals surface area contributed by atoms with E-state index < -0.39 is 0 Å². The lowest BCUT2D eigenvalue weighted by Crippen LogP contribution is -2.22. The molecule has 0 saturated carbocycles. The monoisotopic (exact) mass is 266 g/mol. The van der Waals surface area contributed by atoms with Crippen LogP contribution in [0.5, 0.6) is 11.5 Å². The van der Waals surface area contributed by atoms with Gasteiger partial charge in [0.25, 0.3) is 0 Å². The zero-order chi connectivity index (χ0) is 14.4. The number of methoxy groups -OCH3 is 2. The van der Waals surface area contributed by atoms with E-state index in [1.807, 2.05) is 6.07 Å². The molecule has 0 aliphatic rings. The Balaban J connectivity index is 3.15. The summed E-state index contributed by atoms with van der Waals surface area (Å²) in [5.41, 5.74) is 8.12. The number of nitrogens with two attached hydrogens (primary N) is 1. The predicted octanol–water partition coefficient (Wildman–Crippen LogP) is 2.35. The molecule has 2 N–H and O–H groups in total. The Hall–Kier alpha value is -1.26. The fourth-order valence-electron chi connectivity index (χ4n) is 2.36. The maximum Gasteiger partial charge on any atom is 0.161 e. The number of rotatable bonds is 7. The van der Waals surface area contributed by atoms with Crippen molar-refractivity contribution in [3.8, 4) is 11.5 Å². The molecule has 0 saturated heterocycles. The summed E-state index contributed by atoms with van der Waals surface area (Å²) >= 11 is 0. The van der Waals surface area contributed by atoms with E-state index in [1.165, 1.54) is 11.1 Å². The van der Waals surface area contributed by atoms with Gasteiger partial charge in [0.1, 0.15) is 0 Å². The van der Waals surface area contributed by atoms with Gasteiger partial charge in [-0.25, -0.2) is 0 Å². The second-order valence-electron chi connectivity index (χ2n) is 4.97. The second kappa shape index (κ2) is 7.36. The molecule has 0 heterocycles. The zero-order valence-corrected chi connectivity index (χ0v) is 12.7. The van der Waals surface area contributed by atoms with Crippen LogP contribution >= 0.6 is 0 Å². The summed E-state index contributed by atoms with van der Waals surface area (Å²) in [4.78, 5) is 2.23. The van der Waals surface area contributed by atoms with Crippen molar-refractivity contribution in [3.05, 3.63) is 23.3 Å². The third-order valence-electron chi connectivity index (χ3n) is 3.44. The fourth-order valence-corrected chi connectivity index (χ4v) is 2.36. The second-order valence-corrected chi connectivity index (χ2v) is 4.97. The number of hydrogen-bond donors (Lipinski definition) is 1. The molecule has 1 unspecified atom stereocenters. The van der Waals surface area contributed by atoms with Crippen LogP contribution < -0.4 is 15.2 Å². The van der Waals surface area contributed by atoms with E-state index in [-0.39, 0.29) is 0 Å². The number of ether oxygens (including phenoxy) is 2. The first-order valence-corrected chi connectivity index (χ1v) is 6.64. The van der Waals surface area contributed by atoms with Gasteiger partial charge in [0, 0.05) is 6.04 Å². The van der Waals surface area contributed by atoms with E-state index in [2.05, 4.69) is 32.0 Å². The lowest BCUT2D eigenvalue weighted by Gasteiger charge is -2.27. The lowest BCUT2D eigenvalue weighted by molar-refractivity contribution is 0.277. The molecule has 108 valence electrons. The predicted molar refractivity (Wildman–Crippen MR) is 79.0 cm³/mol. The average molecular weight is 266 g/mol. The minimum absolute atomic E-state index is 0.350. The van der Waals surface area contributed by atoms with Gasteiger partial charge in [-0.1, -0.05) is 0 Å². The quantitative estimate of drug-likeness (QED) is 0.823. The summed E-state index contributed by atoms with van der Waals surface area (Å²) in [5, 5.41) is 0. The van der Waals surface area contributed by atoms with Gasteiger partial charge in [-0.3, -0.25) is 0 Å². The first kappa shape index (κ1) is 15.8. The molecular formula is C15H26N2O2. The molecule has 0 amide bonds. The van der Waals surface area contributed by atoms with Crippen molar-refractivity contribution < 1.29 is 9.47 Å². The molecule has 0 radical (unpaired) electrons. The maximum atomic E-state index is 5.63. The summed E-state index contributed by atoms with van der Waals surface area (Å²) in [6, 6.07) is 4.46. The highest BCUT2D eigenvalue weighted by atomic mass is 16.5. The molecule has 0 bridgehead atoms. The molecule has 1 rings (SSSR count). The number of hydrogen-bond acceptors (Lipinski definition) is 4. The third-order valence-corrected chi connectivity index (χ3v) is 3.44. The molecule has 1 aromatic rings. The van der Waals surface area contributed by atoms with Crippen molar-refractivity contribution in [1.82, 2.24) is 4.90 Å². The van der Waals surface area contributed by atoms with Crippen LogP contribution in [0, 0.1) is 6.92 Å². The summed E-state index contributed by atoms with van der Waals surface area (Å²) in [5.74, 6) is 1.56. The van der Waals surface area contributed by atoms with Crippen LogP contribution in [0.2, 0.25) is 0 Å². The van der Waals surface area contributed by atoms with Gasteiger partial charge < -0.3 is 20.1 Å². The van der Waals surface area contributed by atoms with Crippen molar-refractivity contribution in [2.24, 2.45) is 5.73 Å². The highest BCUT2D eigenvalue weighted by molar-refractivity contribution is 5.48. The standard InChI is InChI=1S/C15H26N2O2/c1-11-9-14(18-4)15(19-5)10-12(11)13(17(2)3)7-6-8-16/h9-10,13H,6-8,16H2,1-5H3. The Morgan fingerprint density at radius 3 is 2.21 bits per heavy atom. The van der Waals surface area contributed by atoms with Crippen LogP contribution in [-0.4, -0.2) is 39.8 Å². The molecule has 0 aliphatic heterocycles. The summed E-state index contributed by atoms with van der Waals surface area (Å²) in [6.07, 6.45) is 2.05. The Labute approximate surface area is 116 Å². The smallest absolute Gasteiger partial charge is 0.161 e. The van der Waals surface area contributed by atoms with Crippen molar-refractivity contribution >= 4 is 0 Å². The average Bonchev–Trinajstić information content (AvgIpc) is 2.39. The number of nitrogens with zero attached hydrogens (tertiary/aromatic N) is 1. The van der Waals surface area contributed by atoms with Crippen molar-refractivity contribution in [2.75, 3.05) is 34.9 Å². The SMILES string of the molecule is COc1cc(C)c(C(CCCN)N(C)C)cc1OC. The topological polar surface area (TPSA) is 47.7 Å². The summed E-state index contributed by atoms with van der Waals surface area (Å²) < 4.78 is 10.7. The molecule has 1 atom stereocenters. The van der Waals surface area contributed by atoms with E-state index >= 15 is 0 Å². The van der Waals surface area contributed by atoms with Crippen LogP contribution in [-0.2, 0) is 0 Å².